The van der Waals surface area contributed by atoms with E-state index in [0.29, 0.717) is 16.4 Å². The van der Waals surface area contributed by atoms with E-state index < -0.39 is 10.5 Å². The summed E-state index contributed by atoms with van der Waals surface area (Å²) in [6.07, 6.45) is 6.71. The molecule has 0 aliphatic carbocycles. The van der Waals surface area contributed by atoms with Gasteiger partial charge in [-0.25, -0.2) is 9.97 Å². The van der Waals surface area contributed by atoms with Crippen LogP contribution in [0.1, 0.15) is 24.1 Å². The van der Waals surface area contributed by atoms with Crippen LogP contribution in [0.15, 0.2) is 83.4 Å². The molecule has 0 spiro atoms. The van der Waals surface area contributed by atoms with Crippen molar-refractivity contribution in [1.82, 2.24) is 30.6 Å². The molecule has 2 atom stereocenters. The van der Waals surface area contributed by atoms with Gasteiger partial charge in [0.25, 0.3) is 0 Å². The van der Waals surface area contributed by atoms with Gasteiger partial charge in [-0.15, -0.1) is 0 Å². The number of aromatic nitrogens is 4. The maximum Gasteiger partial charge on any atom is 0.240 e. The van der Waals surface area contributed by atoms with Crippen molar-refractivity contribution in [3.05, 3.63) is 84.6 Å². The smallest absolute Gasteiger partial charge is 0.240 e. The van der Waals surface area contributed by atoms with Crippen molar-refractivity contribution < 1.29 is 19.2 Å². The number of rotatable bonds is 9. The Morgan fingerprint density at radius 2 is 1.46 bits per heavy atom. The Kier molecular flexibility index (Phi) is 9.26. The molecule has 0 saturated carbocycles. The SMILES string of the molecule is CN1C(=O)C(CC(=O)NCc2cncc(-c3ccc4c(n3)SC(CC(=O)NCc3ccccn3)C(=O)N4C)c2)Sc2ncccc21. The summed E-state index contributed by atoms with van der Waals surface area (Å²) in [5.74, 6) is -0.807. The number of nitrogens with one attached hydrogen (secondary N) is 2. The fourth-order valence-electron chi connectivity index (χ4n) is 5.06. The lowest BCUT2D eigenvalue weighted by Crippen LogP contribution is -2.41. The van der Waals surface area contributed by atoms with Gasteiger partial charge in [-0.2, -0.15) is 0 Å². The van der Waals surface area contributed by atoms with Crippen molar-refractivity contribution in [2.45, 2.75) is 46.5 Å². The van der Waals surface area contributed by atoms with Crippen molar-refractivity contribution in [3.8, 4) is 11.3 Å². The third-order valence-electron chi connectivity index (χ3n) is 7.55. The van der Waals surface area contributed by atoms with E-state index in [-0.39, 0.29) is 49.6 Å². The molecule has 14 heteroatoms. The summed E-state index contributed by atoms with van der Waals surface area (Å²) in [4.78, 5) is 72.2. The van der Waals surface area contributed by atoms with Crippen LogP contribution >= 0.6 is 23.5 Å². The van der Waals surface area contributed by atoms with E-state index in [0.717, 1.165) is 27.5 Å². The Bertz CT molecular complexity index is 1810. The lowest BCUT2D eigenvalue weighted by molar-refractivity contribution is -0.124. The number of hydrogen-bond acceptors (Lipinski definition) is 10. The highest BCUT2D eigenvalue weighted by molar-refractivity contribution is 8.01. The van der Waals surface area contributed by atoms with Gasteiger partial charge in [0.1, 0.15) is 10.1 Å². The molecule has 2 aliphatic heterocycles. The van der Waals surface area contributed by atoms with Crippen LogP contribution in [0, 0.1) is 0 Å². The first-order chi connectivity index (χ1) is 22.3. The summed E-state index contributed by atoms with van der Waals surface area (Å²) in [6, 6.07) is 14.6. The number of thioether (sulfide) groups is 2. The highest BCUT2D eigenvalue weighted by atomic mass is 32.2. The predicted molar refractivity (Wildman–Crippen MR) is 175 cm³/mol. The number of pyridine rings is 4. The number of amides is 4. The molecule has 4 aromatic heterocycles. The number of carbonyl (C=O) groups excluding carboxylic acids is 4. The lowest BCUT2D eigenvalue weighted by Gasteiger charge is -2.30. The van der Waals surface area contributed by atoms with Crippen LogP contribution in [-0.2, 0) is 32.3 Å². The molecular formula is C32H30N8O4S2. The molecule has 0 aromatic carbocycles. The van der Waals surface area contributed by atoms with Crippen molar-refractivity contribution in [3.63, 3.8) is 0 Å². The quantitative estimate of drug-likeness (QED) is 0.275. The number of nitrogens with zero attached hydrogens (tertiary/aromatic N) is 6. The minimum absolute atomic E-state index is 0.00698. The first kappa shape index (κ1) is 31.2. The van der Waals surface area contributed by atoms with Gasteiger partial charge in [0.05, 0.1) is 39.8 Å². The van der Waals surface area contributed by atoms with Crippen LogP contribution in [0.3, 0.4) is 0 Å². The van der Waals surface area contributed by atoms with Crippen LogP contribution in [-0.4, -0.2) is 68.2 Å². The average Bonchev–Trinajstić information content (AvgIpc) is 3.08. The molecular weight excluding hydrogens is 625 g/mol. The lowest BCUT2D eigenvalue weighted by atomic mass is 10.1. The summed E-state index contributed by atoms with van der Waals surface area (Å²) in [5, 5.41) is 5.90. The maximum absolute atomic E-state index is 13.1. The molecule has 0 fully saturated rings. The largest absolute Gasteiger partial charge is 0.352 e. The molecule has 2 N–H and O–H groups in total. The molecule has 0 radical (unpaired) electrons. The van der Waals surface area contributed by atoms with Crippen LogP contribution in [0.5, 0.6) is 0 Å². The van der Waals surface area contributed by atoms with E-state index in [1.54, 1.807) is 55.9 Å². The topological polar surface area (TPSA) is 150 Å². The summed E-state index contributed by atoms with van der Waals surface area (Å²) >= 11 is 2.56. The second-order valence-electron chi connectivity index (χ2n) is 10.7. The molecule has 6 rings (SSSR count). The Balaban J connectivity index is 1.08. The van der Waals surface area contributed by atoms with Gasteiger partial charge in [-0.3, -0.25) is 29.1 Å². The Morgan fingerprint density at radius 3 is 2.17 bits per heavy atom. The zero-order valence-corrected chi connectivity index (χ0v) is 26.7. The van der Waals surface area contributed by atoms with E-state index in [9.17, 15) is 19.2 Å². The number of hydrogen-bond donors (Lipinski definition) is 2. The van der Waals surface area contributed by atoms with Gasteiger partial charge in [0.2, 0.25) is 23.6 Å². The Morgan fingerprint density at radius 1 is 0.783 bits per heavy atom. The summed E-state index contributed by atoms with van der Waals surface area (Å²) in [6.45, 7) is 0.507. The maximum atomic E-state index is 13.1. The molecule has 46 heavy (non-hydrogen) atoms. The van der Waals surface area contributed by atoms with E-state index in [4.69, 9.17) is 4.98 Å². The number of anilines is 2. The van der Waals surface area contributed by atoms with Crippen molar-refractivity contribution in [1.29, 1.82) is 0 Å². The molecule has 2 aliphatic rings. The second-order valence-corrected chi connectivity index (χ2v) is 13.1. The molecule has 4 amide bonds. The third kappa shape index (κ3) is 6.87. The van der Waals surface area contributed by atoms with Crippen molar-refractivity contribution in [2.24, 2.45) is 0 Å². The first-order valence-corrected chi connectivity index (χ1v) is 16.2. The highest BCUT2D eigenvalue weighted by Gasteiger charge is 2.35. The molecule has 0 bridgehead atoms. The van der Waals surface area contributed by atoms with E-state index in [1.165, 1.54) is 28.4 Å². The molecule has 4 aromatic rings. The summed E-state index contributed by atoms with van der Waals surface area (Å²) in [7, 11) is 3.37. The van der Waals surface area contributed by atoms with Crippen LogP contribution in [0.4, 0.5) is 11.4 Å². The third-order valence-corrected chi connectivity index (χ3v) is 9.92. The zero-order chi connectivity index (χ0) is 32.2. The first-order valence-electron chi connectivity index (χ1n) is 14.5. The molecule has 0 saturated heterocycles. The van der Waals surface area contributed by atoms with Gasteiger partial charge >= 0.3 is 0 Å². The normalized spacial score (nSPS) is 17.3. The van der Waals surface area contributed by atoms with Gasteiger partial charge in [-0.05, 0) is 48.0 Å². The fourth-order valence-corrected chi connectivity index (χ4v) is 7.51. The van der Waals surface area contributed by atoms with Gasteiger partial charge < -0.3 is 20.4 Å². The van der Waals surface area contributed by atoms with E-state index in [2.05, 4.69) is 25.6 Å². The molecule has 2 unspecified atom stereocenters. The highest BCUT2D eigenvalue weighted by Crippen LogP contribution is 2.40. The predicted octanol–water partition coefficient (Wildman–Crippen LogP) is 3.22. The van der Waals surface area contributed by atoms with Gasteiger partial charge in [-0.1, -0.05) is 29.6 Å². The van der Waals surface area contributed by atoms with Crippen molar-refractivity contribution in [2.75, 3.05) is 23.9 Å². The second kappa shape index (κ2) is 13.7. The van der Waals surface area contributed by atoms with Crippen LogP contribution < -0.4 is 20.4 Å². The zero-order valence-electron chi connectivity index (χ0n) is 25.0. The molecule has 234 valence electrons. The number of carbonyl (C=O) groups is 4. The van der Waals surface area contributed by atoms with Crippen LogP contribution in [0.2, 0.25) is 0 Å². The Labute approximate surface area is 273 Å². The average molecular weight is 655 g/mol. The Hall–Kier alpha value is -4.82. The fraction of sp³-hybridized carbons (Fsp3) is 0.250. The molecule has 6 heterocycles. The molecule has 12 nitrogen and oxygen atoms in total. The van der Waals surface area contributed by atoms with Gasteiger partial charge in [0.15, 0.2) is 0 Å². The monoisotopic (exact) mass is 654 g/mol. The van der Waals surface area contributed by atoms with Crippen LogP contribution in [0.25, 0.3) is 11.3 Å². The standard InChI is InChI=1S/C32H30N8O4S2/c1-39-23-7-5-11-35-29(23)45-25(31(39)43)13-27(41)36-16-19-12-20(17-33-15-19)22-8-9-24-30(38-22)46-26(32(44)40(24)2)14-28(42)37-18-21-6-3-4-10-34-21/h3-12,15,17,25-26H,13-14,16,18H2,1-2H3,(H,36,41)(H,37,42). The minimum atomic E-state index is -0.623. The summed E-state index contributed by atoms with van der Waals surface area (Å²) < 4.78 is 0. The van der Waals surface area contributed by atoms with Gasteiger partial charge in [0, 0.05) is 63.8 Å². The summed E-state index contributed by atoms with van der Waals surface area (Å²) in [5.41, 5.74) is 4.28. The van der Waals surface area contributed by atoms with E-state index >= 15 is 0 Å². The number of fused-ring (bicyclic) bond motifs is 2. The minimum Gasteiger partial charge on any atom is -0.352 e. The van der Waals surface area contributed by atoms with Crippen molar-refractivity contribution >= 4 is 58.5 Å². The van der Waals surface area contributed by atoms with E-state index in [1.807, 2.05) is 36.4 Å².